The van der Waals surface area contributed by atoms with E-state index in [1.54, 1.807) is 0 Å². The molecule has 35 heavy (non-hydrogen) atoms. The molecule has 7 heteroatoms. The monoisotopic (exact) mass is 489 g/mol. The maximum absolute atomic E-state index is 12.9. The summed E-state index contributed by atoms with van der Waals surface area (Å²) in [4.78, 5) is 19.3. The minimum absolute atomic E-state index is 0.0267. The first-order valence-corrected chi connectivity index (χ1v) is 12.6. The molecule has 1 heterocycles. The molecule has 1 saturated carbocycles. The van der Waals surface area contributed by atoms with Gasteiger partial charge in [-0.05, 0) is 73.6 Å². The number of rotatable bonds is 8. The highest BCUT2D eigenvalue weighted by Gasteiger charge is 2.34. The Hall–Kier alpha value is -2.41. The number of amides is 1. The van der Waals surface area contributed by atoms with Gasteiger partial charge in [0.15, 0.2) is 0 Å². The van der Waals surface area contributed by atoms with E-state index in [1.165, 1.54) is 25.0 Å². The van der Waals surface area contributed by atoms with E-state index < -0.39 is 11.7 Å². The summed E-state index contributed by atoms with van der Waals surface area (Å²) >= 11 is 0. The van der Waals surface area contributed by atoms with Crippen molar-refractivity contribution in [2.75, 3.05) is 13.1 Å². The molecule has 1 aliphatic carbocycles. The predicted octanol–water partition coefficient (Wildman–Crippen LogP) is 6.39. The van der Waals surface area contributed by atoms with Gasteiger partial charge < -0.3 is 5.32 Å². The zero-order chi connectivity index (χ0) is 25.8. The lowest BCUT2D eigenvalue weighted by Crippen LogP contribution is -2.35. The Bertz CT molecular complexity index is 955. The van der Waals surface area contributed by atoms with E-state index in [2.05, 4.69) is 42.7 Å². The molecule has 1 atom stereocenters. The second-order valence-corrected chi connectivity index (χ2v) is 10.5. The largest absolute Gasteiger partial charge is 0.416 e. The van der Waals surface area contributed by atoms with Crippen LogP contribution in [0.5, 0.6) is 0 Å². The standard InChI is InChI=1S/C28H38F3N3O/c1-18(2)26-25(32-5)23(14-20(4)27(35)33-15-21-8-6-19(3)7-9-21)17-34(26)16-22-10-12-24(13-11-22)28(29,30)31/h10-14,18-19,21,26H,5-9,15-17H2,1-4H3,(H,33,35)/b20-14+/t19?,21?,26-/m0/s1. The fraction of sp³-hybridized carbons (Fsp3) is 0.571. The minimum Gasteiger partial charge on any atom is -0.352 e. The molecule has 2 aliphatic rings. The highest BCUT2D eigenvalue weighted by atomic mass is 19.4. The van der Waals surface area contributed by atoms with Gasteiger partial charge in [-0.2, -0.15) is 13.2 Å². The van der Waals surface area contributed by atoms with Crippen LogP contribution in [-0.4, -0.2) is 36.7 Å². The number of nitrogens with zero attached hydrogens (tertiary/aromatic N) is 2. The fourth-order valence-corrected chi connectivity index (χ4v) is 5.24. The zero-order valence-corrected chi connectivity index (χ0v) is 21.3. The lowest BCUT2D eigenvalue weighted by molar-refractivity contribution is -0.137. The van der Waals surface area contributed by atoms with Gasteiger partial charge in [0.05, 0.1) is 17.3 Å². The molecule has 0 radical (unpaired) electrons. The molecule has 0 aromatic heterocycles. The molecule has 0 bridgehead atoms. The van der Waals surface area contributed by atoms with E-state index in [0.717, 1.165) is 47.7 Å². The van der Waals surface area contributed by atoms with Crippen LogP contribution in [-0.2, 0) is 17.5 Å². The molecular formula is C28H38F3N3O. The summed E-state index contributed by atoms with van der Waals surface area (Å²) in [5.74, 6) is 1.48. The summed E-state index contributed by atoms with van der Waals surface area (Å²) in [5, 5.41) is 3.09. The lowest BCUT2D eigenvalue weighted by atomic mass is 9.83. The van der Waals surface area contributed by atoms with Gasteiger partial charge in [-0.1, -0.05) is 45.7 Å². The molecule has 1 aromatic rings. The number of carbonyl (C=O) groups is 1. The normalized spacial score (nSPS) is 24.2. The summed E-state index contributed by atoms with van der Waals surface area (Å²) in [6.45, 7) is 13.8. The van der Waals surface area contributed by atoms with Crippen LogP contribution in [0.1, 0.15) is 64.5 Å². The van der Waals surface area contributed by atoms with Gasteiger partial charge in [0.2, 0.25) is 5.91 Å². The van der Waals surface area contributed by atoms with Crippen molar-refractivity contribution < 1.29 is 18.0 Å². The number of alkyl halides is 3. The predicted molar refractivity (Wildman–Crippen MR) is 135 cm³/mol. The Morgan fingerprint density at radius 2 is 1.83 bits per heavy atom. The number of aliphatic imine (C=N–C) groups is 1. The summed E-state index contributed by atoms with van der Waals surface area (Å²) in [7, 11) is 0. The number of benzene rings is 1. The molecule has 1 N–H and O–H groups in total. The van der Waals surface area contributed by atoms with E-state index in [0.29, 0.717) is 31.1 Å². The third-order valence-corrected chi connectivity index (χ3v) is 7.28. The van der Waals surface area contributed by atoms with Crippen molar-refractivity contribution in [2.24, 2.45) is 22.7 Å². The topological polar surface area (TPSA) is 44.7 Å². The van der Waals surface area contributed by atoms with Gasteiger partial charge in [0.1, 0.15) is 0 Å². The molecule has 4 nitrogen and oxygen atoms in total. The van der Waals surface area contributed by atoms with Crippen LogP contribution in [0.4, 0.5) is 13.2 Å². The van der Waals surface area contributed by atoms with E-state index >= 15 is 0 Å². The van der Waals surface area contributed by atoms with E-state index in [-0.39, 0.29) is 17.9 Å². The van der Waals surface area contributed by atoms with Crippen molar-refractivity contribution in [2.45, 2.75) is 72.1 Å². The maximum atomic E-state index is 12.9. The number of carbonyl (C=O) groups excluding carboxylic acids is 1. The fourth-order valence-electron chi connectivity index (χ4n) is 5.24. The van der Waals surface area contributed by atoms with Gasteiger partial charge >= 0.3 is 6.18 Å². The minimum atomic E-state index is -4.35. The Kier molecular flexibility index (Phi) is 8.97. The number of hydrogen-bond donors (Lipinski definition) is 1. The van der Waals surface area contributed by atoms with Gasteiger partial charge in [-0.15, -0.1) is 0 Å². The van der Waals surface area contributed by atoms with Crippen LogP contribution in [0.2, 0.25) is 0 Å². The lowest BCUT2D eigenvalue weighted by Gasteiger charge is -2.28. The average Bonchev–Trinajstić information content (AvgIpc) is 3.14. The second kappa shape index (κ2) is 11.5. The van der Waals surface area contributed by atoms with Crippen molar-refractivity contribution in [3.8, 4) is 0 Å². The Labute approximate surface area is 207 Å². The van der Waals surface area contributed by atoms with E-state index in [1.807, 2.05) is 13.0 Å². The van der Waals surface area contributed by atoms with Crippen LogP contribution in [0.15, 0.2) is 52.2 Å². The van der Waals surface area contributed by atoms with Crippen molar-refractivity contribution in [1.29, 1.82) is 0 Å². The quantitative estimate of drug-likeness (QED) is 0.340. The summed E-state index contributed by atoms with van der Waals surface area (Å²) in [5.41, 5.74) is 2.55. The number of hydrogen-bond acceptors (Lipinski definition) is 3. The summed E-state index contributed by atoms with van der Waals surface area (Å²) < 4.78 is 38.8. The molecule has 0 unspecified atom stereocenters. The first-order valence-electron chi connectivity index (χ1n) is 12.6. The number of nitrogens with one attached hydrogen (secondary N) is 1. The molecule has 0 saturated heterocycles. The van der Waals surface area contributed by atoms with Gasteiger partial charge in [-0.3, -0.25) is 14.7 Å². The van der Waals surface area contributed by atoms with Crippen molar-refractivity contribution in [1.82, 2.24) is 10.2 Å². The summed E-state index contributed by atoms with van der Waals surface area (Å²) in [6.07, 6.45) is 2.32. The SMILES string of the molecule is C=NC1=C(/C=C(\C)C(=O)NCC2CCC(C)CC2)CN(Cc2ccc(C(F)(F)F)cc2)[C@H]1C(C)C. The molecule has 1 amide bonds. The van der Waals surface area contributed by atoms with E-state index in [4.69, 9.17) is 0 Å². The third kappa shape index (κ3) is 7.06. The smallest absolute Gasteiger partial charge is 0.352 e. The first kappa shape index (κ1) is 27.2. The molecule has 0 spiro atoms. The van der Waals surface area contributed by atoms with Crippen LogP contribution in [0.3, 0.4) is 0 Å². The molecular weight excluding hydrogens is 451 g/mol. The van der Waals surface area contributed by atoms with Crippen LogP contribution < -0.4 is 5.32 Å². The third-order valence-electron chi connectivity index (χ3n) is 7.28. The van der Waals surface area contributed by atoms with Crippen LogP contribution >= 0.6 is 0 Å². The highest BCUT2D eigenvalue weighted by molar-refractivity contribution is 5.93. The summed E-state index contributed by atoms with van der Waals surface area (Å²) in [6, 6.07) is 5.27. The van der Waals surface area contributed by atoms with Crippen LogP contribution in [0.25, 0.3) is 0 Å². The van der Waals surface area contributed by atoms with E-state index in [9.17, 15) is 18.0 Å². The number of halogens is 3. The first-order chi connectivity index (χ1) is 16.5. The maximum Gasteiger partial charge on any atom is 0.416 e. The Morgan fingerprint density at radius 3 is 2.37 bits per heavy atom. The molecule has 3 rings (SSSR count). The van der Waals surface area contributed by atoms with Crippen LogP contribution in [0, 0.1) is 17.8 Å². The molecule has 192 valence electrons. The molecule has 1 aliphatic heterocycles. The van der Waals surface area contributed by atoms with Gasteiger partial charge in [0.25, 0.3) is 0 Å². The van der Waals surface area contributed by atoms with Crippen molar-refractivity contribution >= 4 is 12.6 Å². The van der Waals surface area contributed by atoms with Gasteiger partial charge in [-0.25, -0.2) is 0 Å². The Balaban J connectivity index is 1.69. The van der Waals surface area contributed by atoms with Crippen molar-refractivity contribution in [3.05, 3.63) is 58.3 Å². The zero-order valence-electron chi connectivity index (χ0n) is 21.3. The second-order valence-electron chi connectivity index (χ2n) is 10.5. The molecule has 1 fully saturated rings. The van der Waals surface area contributed by atoms with Crippen molar-refractivity contribution in [3.63, 3.8) is 0 Å². The Morgan fingerprint density at radius 1 is 1.20 bits per heavy atom. The van der Waals surface area contributed by atoms with Gasteiger partial charge in [0, 0.05) is 25.2 Å². The molecule has 1 aromatic carbocycles. The average molecular weight is 490 g/mol. The highest BCUT2D eigenvalue weighted by Crippen LogP contribution is 2.34.